The minimum absolute atomic E-state index is 0. The van der Waals surface area contributed by atoms with Crippen LogP contribution in [-0.4, -0.2) is 136 Å². The molecule has 10 N–H and O–H groups in total. The second kappa shape index (κ2) is 16.3. The summed E-state index contributed by atoms with van der Waals surface area (Å²) in [6.45, 7) is 0. The van der Waals surface area contributed by atoms with Crippen LogP contribution in [0.15, 0.2) is 98.1 Å². The molecule has 12 aromatic rings. The minimum Gasteiger partial charge on any atom is -0.508 e. The number of phenolic OH excluding ortho intramolecular Hbond substituents is 4. The van der Waals surface area contributed by atoms with Gasteiger partial charge in [-0.15, -0.1) is 40.8 Å². The molecule has 0 aliphatic carbocycles. The highest BCUT2D eigenvalue weighted by atomic mass is 16.3. The molecule has 0 bridgehead atoms. The molecule has 0 fully saturated rings. The third-order valence-corrected chi connectivity index (χ3v) is 7.86. The number of phenols is 4. The molecular weight excluding hydrogens is 776 g/mol. The van der Waals surface area contributed by atoms with Crippen molar-refractivity contribution in [2.75, 3.05) is 0 Å². The van der Waals surface area contributed by atoms with Gasteiger partial charge < -0.3 is 36.9 Å². The third kappa shape index (κ3) is 7.62. The van der Waals surface area contributed by atoms with Crippen LogP contribution in [0.25, 0.3) is 67.2 Å². The Morgan fingerprint density at radius 2 is 0.525 bits per heavy atom. The summed E-state index contributed by atoms with van der Waals surface area (Å²) in [5.41, 5.74) is 5.42. The van der Waals surface area contributed by atoms with E-state index in [2.05, 4.69) is 81.1 Å². The molecule has 0 amide bonds. The van der Waals surface area contributed by atoms with Crippen LogP contribution >= 0.6 is 0 Å². The third-order valence-electron chi connectivity index (χ3n) is 7.86. The van der Waals surface area contributed by atoms with Crippen LogP contribution in [-0.2, 0) is 0 Å². The number of fused-ring (bicyclic) bond motifs is 12. The number of aromatic hydroxyl groups is 4. The van der Waals surface area contributed by atoms with Crippen LogP contribution in [0.1, 0.15) is 0 Å². The summed E-state index contributed by atoms with van der Waals surface area (Å²) in [7, 11) is 0. The average Bonchev–Trinajstić information content (AvgIpc) is 4.06. The molecule has 0 saturated carbocycles. The Kier molecular flexibility index (Phi) is 11.0. The summed E-state index contributed by atoms with van der Waals surface area (Å²) < 4.78 is 6.12. The smallest absolute Gasteiger partial charge is 0.272 e. The van der Waals surface area contributed by atoms with E-state index in [4.69, 9.17) is 0 Å². The number of rotatable bonds is 0. The molecule has 0 atom stereocenters. The van der Waals surface area contributed by atoms with E-state index < -0.39 is 0 Å². The number of benzene rings is 4. The SMILES string of the molecule is O.O.O.Oc1ccc2nnc3ncnn3c2c1.Oc1ccc2nnc3ncnn3c2c1.Oc1ccc2nnc3ncnn3c2c1.Oc1ccc2nnc3ncnn3c2c1. The van der Waals surface area contributed by atoms with E-state index in [1.165, 1.54) is 43.4 Å². The van der Waals surface area contributed by atoms with Crippen LogP contribution in [0, 0.1) is 0 Å². The van der Waals surface area contributed by atoms with E-state index in [-0.39, 0.29) is 39.4 Å². The molecule has 296 valence electrons. The lowest BCUT2D eigenvalue weighted by Gasteiger charge is -1.98. The minimum atomic E-state index is 0. The molecule has 0 saturated heterocycles. The molecule has 4 aromatic carbocycles. The highest BCUT2D eigenvalue weighted by Gasteiger charge is 2.08. The summed E-state index contributed by atoms with van der Waals surface area (Å²) in [5.74, 6) is 2.35. The lowest BCUT2D eigenvalue weighted by atomic mass is 10.3. The van der Waals surface area contributed by atoms with Crippen LogP contribution in [0.5, 0.6) is 23.0 Å². The molecular formula is C32H26N20O7. The molecule has 59 heavy (non-hydrogen) atoms. The van der Waals surface area contributed by atoms with Gasteiger partial charge in [-0.1, -0.05) is 0 Å². The number of nitrogens with zero attached hydrogens (tertiary/aromatic N) is 20. The zero-order valence-corrected chi connectivity index (χ0v) is 29.5. The fraction of sp³-hybridized carbons (Fsp3) is 0. The maximum absolute atomic E-state index is 9.32. The highest BCUT2D eigenvalue weighted by Crippen LogP contribution is 2.20. The molecule has 12 rings (SSSR count). The van der Waals surface area contributed by atoms with Crippen molar-refractivity contribution in [2.45, 2.75) is 0 Å². The second-order valence-electron chi connectivity index (χ2n) is 11.4. The maximum atomic E-state index is 9.32. The molecule has 0 spiro atoms. The van der Waals surface area contributed by atoms with Gasteiger partial charge >= 0.3 is 0 Å². The van der Waals surface area contributed by atoms with Crippen LogP contribution in [0.2, 0.25) is 0 Å². The van der Waals surface area contributed by atoms with E-state index >= 15 is 0 Å². The quantitative estimate of drug-likeness (QED) is 0.143. The van der Waals surface area contributed by atoms with Crippen molar-refractivity contribution in [3.63, 3.8) is 0 Å². The van der Waals surface area contributed by atoms with Crippen molar-refractivity contribution in [2.24, 2.45) is 0 Å². The normalized spacial score (nSPS) is 10.6. The first-order chi connectivity index (χ1) is 27.4. The first-order valence-corrected chi connectivity index (χ1v) is 16.0. The van der Waals surface area contributed by atoms with Gasteiger partial charge in [0.15, 0.2) is 0 Å². The Bertz CT molecular complexity index is 2930. The van der Waals surface area contributed by atoms with Crippen molar-refractivity contribution in [3.05, 3.63) is 98.1 Å². The van der Waals surface area contributed by atoms with E-state index in [1.54, 1.807) is 72.8 Å². The fourth-order valence-corrected chi connectivity index (χ4v) is 5.35. The molecule has 8 aromatic heterocycles. The van der Waals surface area contributed by atoms with Crippen LogP contribution in [0.4, 0.5) is 0 Å². The summed E-state index contributed by atoms with van der Waals surface area (Å²) in [6, 6.07) is 19.2. The van der Waals surface area contributed by atoms with E-state index in [1.807, 2.05) is 0 Å². The molecule has 0 aliphatic heterocycles. The van der Waals surface area contributed by atoms with Gasteiger partial charge in [0.2, 0.25) is 0 Å². The Labute approximate surface area is 324 Å². The molecule has 8 heterocycles. The van der Waals surface area contributed by atoms with Crippen molar-refractivity contribution in [3.8, 4) is 23.0 Å². The largest absolute Gasteiger partial charge is 0.508 e. The van der Waals surface area contributed by atoms with Gasteiger partial charge in [-0.05, 0) is 48.5 Å². The standard InChI is InChI=1S/4C8H5N5O.3H2O/c4*14-5-1-2-6-7(3-5)13-8(12-11-6)9-4-10-13;;;/h4*1-4,14H;3*1H2. The fourth-order valence-electron chi connectivity index (χ4n) is 5.35. The Hall–Kier alpha value is -9.08. The van der Waals surface area contributed by atoms with E-state index in [0.717, 1.165) is 0 Å². The van der Waals surface area contributed by atoms with Gasteiger partial charge in [-0.25, -0.2) is 0 Å². The Balaban J connectivity index is 0.000000130. The average molecular weight is 803 g/mol. The first-order valence-electron chi connectivity index (χ1n) is 16.0. The van der Waals surface area contributed by atoms with Crippen molar-refractivity contribution >= 4 is 67.2 Å². The van der Waals surface area contributed by atoms with Gasteiger partial charge in [0.25, 0.3) is 23.1 Å². The molecule has 0 unspecified atom stereocenters. The Morgan fingerprint density at radius 3 is 0.746 bits per heavy atom. The van der Waals surface area contributed by atoms with E-state index in [9.17, 15) is 20.4 Å². The molecule has 0 aliphatic rings. The predicted octanol–water partition coefficient (Wildman–Crippen LogP) is -0.962. The van der Waals surface area contributed by atoms with Crippen molar-refractivity contribution in [1.82, 2.24) is 99.2 Å². The van der Waals surface area contributed by atoms with Crippen molar-refractivity contribution < 1.29 is 36.9 Å². The molecule has 27 nitrogen and oxygen atoms in total. The first kappa shape index (κ1) is 39.6. The summed E-state index contributed by atoms with van der Waals surface area (Å²) >= 11 is 0. The summed E-state index contributed by atoms with van der Waals surface area (Å²) in [5, 5.41) is 84.4. The molecule has 27 heteroatoms. The van der Waals surface area contributed by atoms with Crippen LogP contribution in [0.3, 0.4) is 0 Å². The van der Waals surface area contributed by atoms with Gasteiger partial charge in [-0.3, -0.25) is 0 Å². The zero-order chi connectivity index (χ0) is 38.2. The van der Waals surface area contributed by atoms with Gasteiger partial charge in [0, 0.05) is 24.3 Å². The maximum Gasteiger partial charge on any atom is 0.272 e. The van der Waals surface area contributed by atoms with Crippen molar-refractivity contribution in [1.29, 1.82) is 0 Å². The topological polar surface area (TPSA) is 399 Å². The predicted molar refractivity (Wildman–Crippen MR) is 202 cm³/mol. The van der Waals surface area contributed by atoms with Gasteiger partial charge in [0.05, 0.1) is 22.1 Å². The number of hydrogen-bond acceptors (Lipinski definition) is 20. The Morgan fingerprint density at radius 1 is 0.305 bits per heavy atom. The van der Waals surface area contributed by atoms with Gasteiger partial charge in [0.1, 0.15) is 70.4 Å². The van der Waals surface area contributed by atoms with Crippen LogP contribution < -0.4 is 0 Å². The highest BCUT2D eigenvalue weighted by molar-refractivity contribution is 5.79. The van der Waals surface area contributed by atoms with Gasteiger partial charge in [-0.2, -0.15) is 58.4 Å². The number of hydrogen-bond donors (Lipinski definition) is 4. The number of aromatic nitrogens is 20. The summed E-state index contributed by atoms with van der Waals surface area (Å²) in [4.78, 5) is 15.6. The molecule has 0 radical (unpaired) electrons. The zero-order valence-electron chi connectivity index (χ0n) is 29.5. The lowest BCUT2D eigenvalue weighted by Crippen LogP contribution is -1.96. The second-order valence-corrected chi connectivity index (χ2v) is 11.4. The summed E-state index contributed by atoms with van der Waals surface area (Å²) in [6.07, 6.45) is 5.59. The monoisotopic (exact) mass is 802 g/mol. The van der Waals surface area contributed by atoms with E-state index in [0.29, 0.717) is 67.2 Å². The lowest BCUT2D eigenvalue weighted by molar-refractivity contribution is 0.475.